The van der Waals surface area contributed by atoms with Gasteiger partial charge in [0.25, 0.3) is 10.0 Å². The fraction of sp³-hybridized carbons (Fsp3) is 0. The molecule has 0 bridgehead atoms. The van der Waals surface area contributed by atoms with Gasteiger partial charge >= 0.3 is 0 Å². The van der Waals surface area contributed by atoms with Gasteiger partial charge in [0, 0.05) is 26.9 Å². The highest BCUT2D eigenvalue weighted by molar-refractivity contribution is 7.92. The van der Waals surface area contributed by atoms with Crippen molar-refractivity contribution in [1.82, 2.24) is 0 Å². The van der Waals surface area contributed by atoms with Gasteiger partial charge < -0.3 is 5.73 Å². The summed E-state index contributed by atoms with van der Waals surface area (Å²) in [6.45, 7) is 0. The first kappa shape index (κ1) is 19.2. The van der Waals surface area contributed by atoms with Crippen molar-refractivity contribution in [3.8, 4) is 11.1 Å². The Hall–Kier alpha value is -2.54. The Balaban J connectivity index is 1.87. The zero-order valence-electron chi connectivity index (χ0n) is 13.8. The molecule has 0 aliphatic carbocycles. The minimum absolute atomic E-state index is 0.0702. The summed E-state index contributed by atoms with van der Waals surface area (Å²) in [7, 11) is -3.83. The van der Waals surface area contributed by atoms with Gasteiger partial charge in [0.05, 0.1) is 4.90 Å². The predicted octanol–water partition coefficient (Wildman–Crippen LogP) is 4.56. The fourth-order valence-electron chi connectivity index (χ4n) is 2.49. The molecule has 0 atom stereocenters. The van der Waals surface area contributed by atoms with E-state index in [0.717, 1.165) is 11.1 Å². The Morgan fingerprint density at radius 3 is 2.26 bits per heavy atom. The quantitative estimate of drug-likeness (QED) is 0.633. The van der Waals surface area contributed by atoms with Crippen LogP contribution in [0.5, 0.6) is 0 Å². The molecule has 3 rings (SSSR count). The van der Waals surface area contributed by atoms with Crippen molar-refractivity contribution in [2.24, 2.45) is 5.73 Å². The van der Waals surface area contributed by atoms with Crippen molar-refractivity contribution in [2.75, 3.05) is 4.72 Å². The summed E-state index contributed by atoms with van der Waals surface area (Å²) in [6.07, 6.45) is 0. The summed E-state index contributed by atoms with van der Waals surface area (Å²) in [5.74, 6) is -0.639. The number of anilines is 1. The fourth-order valence-corrected chi connectivity index (χ4v) is 4.05. The average molecular weight is 421 g/mol. The first-order chi connectivity index (χ1) is 12.8. The van der Waals surface area contributed by atoms with Gasteiger partial charge in [-0.2, -0.15) is 0 Å². The summed E-state index contributed by atoms with van der Waals surface area (Å²) < 4.78 is 27.6. The molecule has 0 aliphatic rings. The molecule has 0 heterocycles. The Morgan fingerprint density at radius 1 is 0.926 bits per heavy atom. The predicted molar refractivity (Wildman–Crippen MR) is 108 cm³/mol. The maximum absolute atomic E-state index is 12.6. The molecule has 3 N–H and O–H groups in total. The number of amides is 1. The SMILES string of the molecule is NC(=O)c1cccc(NS(=O)(=O)c2ccc(-c3ccc(Cl)cc3Cl)cc2)c1. The van der Waals surface area contributed by atoms with Crippen LogP contribution in [0.25, 0.3) is 11.1 Å². The van der Waals surface area contributed by atoms with Crippen LogP contribution in [0.15, 0.2) is 71.6 Å². The normalized spacial score (nSPS) is 11.2. The van der Waals surface area contributed by atoms with Gasteiger partial charge in [0.1, 0.15) is 0 Å². The molecule has 0 radical (unpaired) electrons. The van der Waals surface area contributed by atoms with Crippen LogP contribution in [0.1, 0.15) is 10.4 Å². The molecule has 138 valence electrons. The van der Waals surface area contributed by atoms with E-state index in [1.54, 1.807) is 36.4 Å². The lowest BCUT2D eigenvalue weighted by molar-refractivity contribution is 0.100. The van der Waals surface area contributed by atoms with Crippen LogP contribution >= 0.6 is 23.2 Å². The zero-order valence-corrected chi connectivity index (χ0v) is 16.1. The van der Waals surface area contributed by atoms with E-state index in [0.29, 0.717) is 10.0 Å². The minimum Gasteiger partial charge on any atom is -0.366 e. The number of carbonyl (C=O) groups excluding carboxylic acids is 1. The highest BCUT2D eigenvalue weighted by atomic mass is 35.5. The van der Waals surface area contributed by atoms with Gasteiger partial charge in [-0.1, -0.05) is 47.5 Å². The minimum atomic E-state index is -3.83. The largest absolute Gasteiger partial charge is 0.366 e. The number of benzene rings is 3. The molecule has 5 nitrogen and oxygen atoms in total. The van der Waals surface area contributed by atoms with Crippen LogP contribution in [-0.4, -0.2) is 14.3 Å². The number of hydrogen-bond acceptors (Lipinski definition) is 3. The molecular weight excluding hydrogens is 407 g/mol. The van der Waals surface area contributed by atoms with E-state index in [4.69, 9.17) is 28.9 Å². The van der Waals surface area contributed by atoms with Gasteiger partial charge in [-0.25, -0.2) is 8.42 Å². The second-order valence-corrected chi connectivity index (χ2v) is 8.23. The number of nitrogens with one attached hydrogen (secondary N) is 1. The van der Waals surface area contributed by atoms with Crippen molar-refractivity contribution in [3.63, 3.8) is 0 Å². The van der Waals surface area contributed by atoms with Gasteiger partial charge in [-0.05, 0) is 48.0 Å². The summed E-state index contributed by atoms with van der Waals surface area (Å²) in [4.78, 5) is 11.3. The van der Waals surface area contributed by atoms with E-state index >= 15 is 0 Å². The third-order valence-corrected chi connectivity index (χ3v) is 5.75. The molecular formula is C19H14Cl2N2O3S. The van der Waals surface area contributed by atoms with E-state index in [9.17, 15) is 13.2 Å². The second-order valence-electron chi connectivity index (χ2n) is 5.70. The topological polar surface area (TPSA) is 89.3 Å². The third kappa shape index (κ3) is 4.42. The molecule has 0 saturated heterocycles. The number of primary amides is 1. The number of halogens is 2. The molecule has 3 aromatic rings. The third-order valence-electron chi connectivity index (χ3n) is 3.81. The van der Waals surface area contributed by atoms with Crippen molar-refractivity contribution in [3.05, 3.63) is 82.3 Å². The van der Waals surface area contributed by atoms with Gasteiger partial charge in [-0.3, -0.25) is 9.52 Å². The van der Waals surface area contributed by atoms with Gasteiger partial charge in [0.2, 0.25) is 5.91 Å². The van der Waals surface area contributed by atoms with Crippen LogP contribution in [0.2, 0.25) is 10.0 Å². The smallest absolute Gasteiger partial charge is 0.261 e. The number of sulfonamides is 1. The summed E-state index contributed by atoms with van der Waals surface area (Å²) in [5.41, 5.74) is 7.17. The van der Waals surface area contributed by atoms with Gasteiger partial charge in [0.15, 0.2) is 0 Å². The Bertz CT molecular complexity index is 1110. The summed E-state index contributed by atoms with van der Waals surface area (Å²) in [5, 5.41) is 0.991. The van der Waals surface area contributed by atoms with Crippen LogP contribution in [-0.2, 0) is 10.0 Å². The first-order valence-electron chi connectivity index (χ1n) is 7.74. The Labute approximate surface area is 166 Å². The van der Waals surface area contributed by atoms with E-state index in [1.807, 2.05) is 0 Å². The molecule has 1 amide bonds. The lowest BCUT2D eigenvalue weighted by atomic mass is 10.1. The molecule has 3 aromatic carbocycles. The molecule has 27 heavy (non-hydrogen) atoms. The Morgan fingerprint density at radius 2 is 1.63 bits per heavy atom. The molecule has 0 aliphatic heterocycles. The Kier molecular flexibility index (Phi) is 5.41. The molecule has 0 aromatic heterocycles. The molecule has 0 saturated carbocycles. The van der Waals surface area contributed by atoms with Crippen molar-refractivity contribution in [1.29, 1.82) is 0 Å². The van der Waals surface area contributed by atoms with Crippen molar-refractivity contribution in [2.45, 2.75) is 4.90 Å². The van der Waals surface area contributed by atoms with E-state index < -0.39 is 15.9 Å². The van der Waals surface area contributed by atoms with E-state index in [2.05, 4.69) is 4.72 Å². The monoisotopic (exact) mass is 420 g/mol. The van der Waals surface area contributed by atoms with Gasteiger partial charge in [-0.15, -0.1) is 0 Å². The molecule has 0 fully saturated rings. The first-order valence-corrected chi connectivity index (χ1v) is 9.98. The summed E-state index contributed by atoms with van der Waals surface area (Å²) >= 11 is 12.1. The van der Waals surface area contributed by atoms with Crippen molar-refractivity contribution < 1.29 is 13.2 Å². The molecule has 0 spiro atoms. The van der Waals surface area contributed by atoms with Crippen LogP contribution in [0, 0.1) is 0 Å². The van der Waals surface area contributed by atoms with E-state index in [1.165, 1.54) is 30.3 Å². The lowest BCUT2D eigenvalue weighted by Crippen LogP contribution is -2.15. The standard InChI is InChI=1S/C19H14Cl2N2O3S/c20-14-6-9-17(18(21)11-14)12-4-7-16(8-5-12)27(25,26)23-15-3-1-2-13(10-15)19(22)24/h1-11,23H,(H2,22,24). The maximum atomic E-state index is 12.6. The maximum Gasteiger partial charge on any atom is 0.261 e. The highest BCUT2D eigenvalue weighted by Crippen LogP contribution is 2.31. The number of rotatable bonds is 5. The highest BCUT2D eigenvalue weighted by Gasteiger charge is 2.15. The van der Waals surface area contributed by atoms with Crippen LogP contribution < -0.4 is 10.5 Å². The molecule has 8 heteroatoms. The van der Waals surface area contributed by atoms with Crippen LogP contribution in [0.3, 0.4) is 0 Å². The van der Waals surface area contributed by atoms with E-state index in [-0.39, 0.29) is 16.1 Å². The zero-order chi connectivity index (χ0) is 19.6. The number of carbonyl (C=O) groups is 1. The number of hydrogen-bond donors (Lipinski definition) is 2. The average Bonchev–Trinajstić information content (AvgIpc) is 2.62. The second kappa shape index (κ2) is 7.60. The van der Waals surface area contributed by atoms with Crippen LogP contribution in [0.4, 0.5) is 5.69 Å². The van der Waals surface area contributed by atoms with Crippen molar-refractivity contribution >= 4 is 44.8 Å². The number of nitrogens with two attached hydrogens (primary N) is 1. The molecule has 0 unspecified atom stereocenters. The lowest BCUT2D eigenvalue weighted by Gasteiger charge is -2.10. The summed E-state index contributed by atoms with van der Waals surface area (Å²) in [6, 6.07) is 17.3.